The van der Waals surface area contributed by atoms with E-state index in [1.165, 1.54) is 19.7 Å². The van der Waals surface area contributed by atoms with E-state index in [0.717, 1.165) is 11.3 Å². The molecule has 0 bridgehead atoms. The van der Waals surface area contributed by atoms with Gasteiger partial charge in [-0.2, -0.15) is 0 Å². The van der Waals surface area contributed by atoms with E-state index in [0.29, 0.717) is 37.4 Å². The highest BCUT2D eigenvalue weighted by atomic mass is 16.4. The van der Waals surface area contributed by atoms with Gasteiger partial charge in [0.25, 0.3) is 0 Å². The number of carboxylic acids is 1. The molecule has 0 spiro atoms. The van der Waals surface area contributed by atoms with Crippen LogP contribution in [-0.4, -0.2) is 132 Å². The monoisotopic (exact) mass is 874 g/mol. The van der Waals surface area contributed by atoms with Gasteiger partial charge in [-0.25, -0.2) is 9.59 Å². The van der Waals surface area contributed by atoms with Crippen molar-refractivity contribution in [3.05, 3.63) is 71.8 Å². The molecule has 4 rings (SSSR count). The number of nitrogens with zero attached hydrogens (tertiary/aromatic N) is 3. The largest absolute Gasteiger partial charge is 0.480 e. The molecular weight excluding hydrogens is 813 g/mol. The standard InChI is InChI=1S/C44H62N10O9/c1-27(2)22-32-38(57)50-31(16-11-19-47-43(45)52-44(63)46-3)40(59)53(4)35(24-29-14-9-6-10-15-29)39(58)51-34(42(61)62)26-37(56)49-33(25-36(55)48-32)41(60)54-20-17-30(18-21-54)23-28-12-7-5-8-13-28/h5-10,12-15,27,30-35H,11,16-26H2,1-4H3,(H,48,55)(H,49,56)(H,50,57)(H,51,58)(H,61,62)(H4,45,46,47,52,63)/t31-,32+,33-,34-,35-/m0/s1. The lowest BCUT2D eigenvalue weighted by Crippen LogP contribution is -2.58. The van der Waals surface area contributed by atoms with E-state index in [-0.39, 0.29) is 44.1 Å². The second kappa shape index (κ2) is 24.2. The van der Waals surface area contributed by atoms with Crippen LogP contribution < -0.4 is 37.6 Å². The third-order valence-corrected chi connectivity index (χ3v) is 11.1. The van der Waals surface area contributed by atoms with Gasteiger partial charge in [0, 0.05) is 40.2 Å². The molecule has 19 nitrogen and oxygen atoms in total. The van der Waals surface area contributed by atoms with Crippen LogP contribution in [-0.2, 0) is 46.4 Å². The van der Waals surface area contributed by atoms with Crippen LogP contribution in [0, 0.1) is 11.8 Å². The Kier molecular flexibility index (Phi) is 18.9. The van der Waals surface area contributed by atoms with Gasteiger partial charge in [0.15, 0.2) is 5.96 Å². The fraction of sp³-hybridized carbons (Fsp3) is 0.523. The summed E-state index contributed by atoms with van der Waals surface area (Å²) in [6.45, 7) is 4.44. The van der Waals surface area contributed by atoms with Crippen molar-refractivity contribution in [2.24, 2.45) is 22.6 Å². The number of carbonyl (C=O) groups excluding carboxylic acids is 7. The number of nitrogens with one attached hydrogen (secondary N) is 6. The smallest absolute Gasteiger partial charge is 0.326 e. The molecule has 2 aliphatic heterocycles. The molecule has 9 N–H and O–H groups in total. The van der Waals surface area contributed by atoms with Crippen LogP contribution in [0.4, 0.5) is 4.79 Å². The maximum absolute atomic E-state index is 14.4. The summed E-state index contributed by atoms with van der Waals surface area (Å²) in [5.74, 6) is -6.04. The van der Waals surface area contributed by atoms with Crippen molar-refractivity contribution in [2.75, 3.05) is 33.7 Å². The highest BCUT2D eigenvalue weighted by molar-refractivity contribution is 5.98. The quantitative estimate of drug-likeness (QED) is 0.0828. The van der Waals surface area contributed by atoms with E-state index in [1.807, 2.05) is 32.0 Å². The molecule has 2 fully saturated rings. The summed E-state index contributed by atoms with van der Waals surface area (Å²) in [5, 5.41) is 25.4. The van der Waals surface area contributed by atoms with Crippen molar-refractivity contribution < 1.29 is 43.5 Å². The molecule has 0 unspecified atom stereocenters. The lowest BCUT2D eigenvalue weighted by molar-refractivity contribution is -0.146. The van der Waals surface area contributed by atoms with Crippen molar-refractivity contribution in [3.63, 3.8) is 0 Å². The fourth-order valence-electron chi connectivity index (χ4n) is 7.66. The first kappa shape index (κ1) is 49.1. The molecular formula is C44H62N10O9. The average molecular weight is 875 g/mol. The normalized spacial score (nSPS) is 22.6. The molecule has 5 atom stereocenters. The number of hydrogen-bond donors (Lipinski definition) is 8. The summed E-state index contributed by atoms with van der Waals surface area (Å²) in [7, 11) is 2.75. The molecule has 0 aliphatic carbocycles. The second-order valence-corrected chi connectivity index (χ2v) is 16.5. The Morgan fingerprint density at radius 2 is 1.40 bits per heavy atom. The number of hydrogen-bond acceptors (Lipinski definition) is 9. The highest BCUT2D eigenvalue weighted by Gasteiger charge is 2.38. The average Bonchev–Trinajstić information content (AvgIpc) is 3.25. The van der Waals surface area contributed by atoms with E-state index < -0.39 is 90.5 Å². The number of aliphatic imine (C=N–C) groups is 1. The van der Waals surface area contributed by atoms with Gasteiger partial charge in [0.1, 0.15) is 30.2 Å². The van der Waals surface area contributed by atoms with Crippen LogP contribution in [0.2, 0.25) is 0 Å². The van der Waals surface area contributed by atoms with Crippen LogP contribution >= 0.6 is 0 Å². The molecule has 0 saturated carbocycles. The van der Waals surface area contributed by atoms with Crippen molar-refractivity contribution in [3.8, 4) is 0 Å². The van der Waals surface area contributed by atoms with Crippen molar-refractivity contribution in [1.29, 1.82) is 0 Å². The van der Waals surface area contributed by atoms with Crippen molar-refractivity contribution in [1.82, 2.24) is 41.7 Å². The Morgan fingerprint density at radius 3 is 1.98 bits per heavy atom. The van der Waals surface area contributed by atoms with Gasteiger partial charge < -0.3 is 47.2 Å². The Labute approximate surface area is 367 Å². The maximum atomic E-state index is 14.4. The van der Waals surface area contributed by atoms with E-state index in [9.17, 15) is 43.5 Å². The van der Waals surface area contributed by atoms with Gasteiger partial charge in [0.05, 0.1) is 12.8 Å². The molecule has 2 aromatic rings. The number of carbonyl (C=O) groups is 8. The topological polar surface area (TPSA) is 274 Å². The molecule has 2 heterocycles. The number of likely N-dealkylation sites (N-methyl/N-ethyl adjacent to an activating group) is 1. The first-order chi connectivity index (χ1) is 30.0. The van der Waals surface area contributed by atoms with E-state index in [4.69, 9.17) is 5.73 Å². The van der Waals surface area contributed by atoms with Crippen LogP contribution in [0.1, 0.15) is 69.9 Å². The van der Waals surface area contributed by atoms with Gasteiger partial charge in [-0.3, -0.25) is 39.1 Å². The highest BCUT2D eigenvalue weighted by Crippen LogP contribution is 2.23. The molecule has 2 saturated heterocycles. The summed E-state index contributed by atoms with van der Waals surface area (Å²) in [6, 6.07) is 11.1. The fourth-order valence-corrected chi connectivity index (χ4v) is 7.66. The van der Waals surface area contributed by atoms with Crippen molar-refractivity contribution in [2.45, 2.75) is 102 Å². The van der Waals surface area contributed by atoms with Gasteiger partial charge in [-0.1, -0.05) is 74.5 Å². The minimum absolute atomic E-state index is 0.0253. The van der Waals surface area contributed by atoms with Crippen molar-refractivity contribution >= 4 is 53.4 Å². The third kappa shape index (κ3) is 15.7. The second-order valence-electron chi connectivity index (χ2n) is 16.5. The van der Waals surface area contributed by atoms with Gasteiger partial charge in [-0.05, 0) is 61.5 Å². The number of carboxylic acid groups (broad SMARTS) is 1. The molecule has 0 aromatic heterocycles. The van der Waals surface area contributed by atoms with Crippen LogP contribution in [0.15, 0.2) is 65.7 Å². The van der Waals surface area contributed by atoms with Crippen LogP contribution in [0.5, 0.6) is 0 Å². The molecule has 19 heteroatoms. The number of likely N-dealkylation sites (tertiary alicyclic amines) is 1. The van der Waals surface area contributed by atoms with Crippen LogP contribution in [0.3, 0.4) is 0 Å². The zero-order valence-electron chi connectivity index (χ0n) is 36.4. The van der Waals surface area contributed by atoms with E-state index in [2.05, 4.69) is 49.0 Å². The summed E-state index contributed by atoms with van der Waals surface area (Å²) in [4.78, 5) is 115. The first-order valence-electron chi connectivity index (χ1n) is 21.4. The summed E-state index contributed by atoms with van der Waals surface area (Å²) < 4.78 is 0. The van der Waals surface area contributed by atoms with Gasteiger partial charge in [0.2, 0.25) is 35.4 Å². The molecule has 63 heavy (non-hydrogen) atoms. The number of rotatable bonds is 12. The van der Waals surface area contributed by atoms with Gasteiger partial charge in [-0.15, -0.1) is 0 Å². The number of piperidine rings is 1. The lowest BCUT2D eigenvalue weighted by atomic mass is 9.90. The molecule has 0 radical (unpaired) electrons. The maximum Gasteiger partial charge on any atom is 0.326 e. The number of nitrogens with two attached hydrogens (primary N) is 1. The lowest BCUT2D eigenvalue weighted by Gasteiger charge is -2.34. The predicted molar refractivity (Wildman–Crippen MR) is 234 cm³/mol. The predicted octanol–water partition coefficient (Wildman–Crippen LogP) is 0.425. The first-order valence-corrected chi connectivity index (χ1v) is 21.4. The zero-order chi connectivity index (χ0) is 46.1. The van der Waals surface area contributed by atoms with Crippen LogP contribution in [0.25, 0.3) is 0 Å². The van der Waals surface area contributed by atoms with Gasteiger partial charge >= 0.3 is 12.0 Å². The minimum Gasteiger partial charge on any atom is -0.480 e. The molecule has 342 valence electrons. The Bertz CT molecular complexity index is 1940. The summed E-state index contributed by atoms with van der Waals surface area (Å²) in [6.07, 6.45) is 1.05. The number of amides is 8. The third-order valence-electron chi connectivity index (χ3n) is 11.1. The molecule has 2 aliphatic rings. The number of guanidine groups is 1. The number of urea groups is 1. The number of benzene rings is 2. The Hall–Kier alpha value is -6.53. The summed E-state index contributed by atoms with van der Waals surface area (Å²) in [5.41, 5.74) is 7.62. The molecule has 8 amide bonds. The minimum atomic E-state index is -1.79. The number of aliphatic carboxylic acids is 1. The SMILES string of the molecule is CNC(=O)NC(N)=NCCC[C@@H]1NC(=O)[C@@H](CC(C)C)NC(=O)C[C@@H](C(=O)N2CCC(Cc3ccccc3)CC2)NC(=O)C[C@@H](C(=O)O)NC(=O)[C@H](Cc2ccccc2)N(C)C1=O. The summed E-state index contributed by atoms with van der Waals surface area (Å²) >= 11 is 0. The van der Waals surface area contributed by atoms with E-state index >= 15 is 0 Å². The Balaban J connectivity index is 1.67. The molecule has 2 aromatic carbocycles. The zero-order valence-corrected chi connectivity index (χ0v) is 36.4. The van der Waals surface area contributed by atoms with E-state index in [1.54, 1.807) is 35.2 Å². The Morgan fingerprint density at radius 1 is 0.810 bits per heavy atom.